The predicted octanol–water partition coefficient (Wildman–Crippen LogP) is -8.46. The number of hydrogen-bond donors (Lipinski definition) is 4. The minimum absolute atomic E-state index is 0. The summed E-state index contributed by atoms with van der Waals surface area (Å²) in [5.74, 6) is -0.776. The molecule has 14 nitrogen and oxygen atoms in total. The van der Waals surface area contributed by atoms with Gasteiger partial charge in [-0.1, -0.05) is 7.43 Å². The number of imide groups is 2. The van der Waals surface area contributed by atoms with Crippen LogP contribution in [0.5, 0.6) is 0 Å². The van der Waals surface area contributed by atoms with E-state index < -0.39 is 42.5 Å². The maximum absolute atomic E-state index is 11.4. The summed E-state index contributed by atoms with van der Waals surface area (Å²) in [6.07, 6.45) is 0. The molecule has 0 bridgehead atoms. The van der Waals surface area contributed by atoms with E-state index in [-0.39, 0.29) is 80.3 Å². The third-order valence-electron chi connectivity index (χ3n) is 3.45. The third kappa shape index (κ3) is 11.4. The van der Waals surface area contributed by atoms with Gasteiger partial charge in [0.1, 0.15) is 31.3 Å². The maximum atomic E-state index is 11.4. The topological polar surface area (TPSA) is 206 Å². The minimum Gasteiger partial charge on any atom is -1.00 e. The number of rotatable bonds is 3. The molecular formula is C15H28N4Na2O10. The number of amides is 6. The summed E-state index contributed by atoms with van der Waals surface area (Å²) < 4.78 is 0. The van der Waals surface area contributed by atoms with Gasteiger partial charge in [0.05, 0.1) is 0 Å². The van der Waals surface area contributed by atoms with Gasteiger partial charge in [-0.3, -0.25) is 24.6 Å². The summed E-state index contributed by atoms with van der Waals surface area (Å²) in [6, 6.07) is -1.08. The molecule has 2 saturated heterocycles. The zero-order valence-electron chi connectivity index (χ0n) is 18.8. The van der Waals surface area contributed by atoms with E-state index in [1.165, 1.54) is 13.8 Å². The molecule has 16 heteroatoms. The van der Waals surface area contributed by atoms with Crippen molar-refractivity contribution in [2.24, 2.45) is 0 Å². The Morgan fingerprint density at radius 3 is 1.65 bits per heavy atom. The first-order valence-electron chi connectivity index (χ1n) is 7.40. The monoisotopic (exact) mass is 470 g/mol. The molecule has 0 spiro atoms. The van der Waals surface area contributed by atoms with Crippen molar-refractivity contribution in [2.45, 2.75) is 46.2 Å². The van der Waals surface area contributed by atoms with Crippen LogP contribution in [0.3, 0.4) is 0 Å². The van der Waals surface area contributed by atoms with Crippen LogP contribution in [0.15, 0.2) is 0 Å². The average Bonchev–Trinajstić information content (AvgIpc) is 2.97. The zero-order valence-corrected chi connectivity index (χ0v) is 21.8. The molecule has 0 radical (unpaired) electrons. The first-order chi connectivity index (χ1) is 12.9. The summed E-state index contributed by atoms with van der Waals surface area (Å²) in [5, 5.41) is 30.6. The summed E-state index contributed by atoms with van der Waals surface area (Å²) in [6.45, 7) is 6.95. The fourth-order valence-corrected chi connectivity index (χ4v) is 1.91. The van der Waals surface area contributed by atoms with Gasteiger partial charge in [-0.25, -0.2) is 14.5 Å². The number of aliphatic hydroxyl groups excluding tert-OH is 2. The number of nitrogens with one attached hydrogen (secondary N) is 2. The molecule has 0 aromatic rings. The molecule has 4 N–H and O–H groups in total. The molecule has 2 rings (SSSR count). The third-order valence-corrected chi connectivity index (χ3v) is 3.45. The zero-order chi connectivity index (χ0) is 22.7. The van der Waals surface area contributed by atoms with Gasteiger partial charge in [0.15, 0.2) is 0 Å². The quantitative estimate of drug-likeness (QED) is 0.101. The van der Waals surface area contributed by atoms with Crippen LogP contribution < -0.4 is 75.0 Å². The van der Waals surface area contributed by atoms with Gasteiger partial charge in [-0.05, 0) is 27.7 Å². The molecule has 31 heavy (non-hydrogen) atoms. The molecule has 2 fully saturated rings. The van der Waals surface area contributed by atoms with Gasteiger partial charge in [0, 0.05) is 0 Å². The number of aliphatic hydroxyl groups is 2. The number of carbonyl (C=O) groups is 6. The Morgan fingerprint density at radius 2 is 1.52 bits per heavy atom. The molecule has 6 amide bonds. The summed E-state index contributed by atoms with van der Waals surface area (Å²) in [5.41, 5.74) is -1.80. The molecule has 2 aliphatic heterocycles. The second kappa shape index (κ2) is 18.5. The van der Waals surface area contributed by atoms with Crippen molar-refractivity contribution in [3.8, 4) is 0 Å². The predicted molar refractivity (Wildman–Crippen MR) is 95.2 cm³/mol. The summed E-state index contributed by atoms with van der Waals surface area (Å²) in [4.78, 5) is 64.8. The van der Waals surface area contributed by atoms with Crippen LogP contribution in [0, 0.1) is 0 Å². The summed E-state index contributed by atoms with van der Waals surface area (Å²) >= 11 is 0. The van der Waals surface area contributed by atoms with E-state index in [1.807, 2.05) is 6.79 Å². The minimum atomic E-state index is -1.07. The molecule has 0 aliphatic carbocycles. The van der Waals surface area contributed by atoms with Crippen LogP contribution in [0.2, 0.25) is 0 Å². The van der Waals surface area contributed by atoms with E-state index in [4.69, 9.17) is 25.1 Å². The van der Waals surface area contributed by atoms with Crippen molar-refractivity contribution in [3.05, 3.63) is 0 Å². The smallest absolute Gasteiger partial charge is 1.00 e. The van der Waals surface area contributed by atoms with Gasteiger partial charge in [-0.15, -0.1) is 0 Å². The average molecular weight is 470 g/mol. The van der Waals surface area contributed by atoms with E-state index >= 15 is 0 Å². The maximum Gasteiger partial charge on any atom is 1.00 e. The van der Waals surface area contributed by atoms with E-state index in [0.717, 1.165) is 4.90 Å². The SMILES string of the molecule is C.C=O.CC1(C)C(=O)N(CO)C(=O)N1CO.CC1(C)NC(=O)NC1=O.O=CO[O-].[H-].[Na+].[Na+]. The Kier molecular flexibility index (Phi) is 24.0. The number of nitrogens with zero attached hydrogens (tertiary/aromatic N) is 2. The van der Waals surface area contributed by atoms with Crippen molar-refractivity contribution in [3.63, 3.8) is 0 Å². The van der Waals surface area contributed by atoms with Crippen LogP contribution >= 0.6 is 0 Å². The van der Waals surface area contributed by atoms with Crippen LogP contribution in [0.25, 0.3) is 0 Å². The van der Waals surface area contributed by atoms with Gasteiger partial charge >= 0.3 is 71.2 Å². The Bertz CT molecular complexity index is 611. The van der Waals surface area contributed by atoms with Crippen molar-refractivity contribution < 1.29 is 110 Å². The van der Waals surface area contributed by atoms with E-state index in [9.17, 15) is 19.2 Å². The number of urea groups is 2. The Morgan fingerprint density at radius 1 is 1.10 bits per heavy atom. The fourth-order valence-electron chi connectivity index (χ4n) is 1.91. The molecule has 0 aromatic carbocycles. The molecule has 0 unspecified atom stereocenters. The summed E-state index contributed by atoms with van der Waals surface area (Å²) in [7, 11) is 0. The van der Waals surface area contributed by atoms with E-state index in [1.54, 1.807) is 13.8 Å². The largest absolute Gasteiger partial charge is 1.00 e. The van der Waals surface area contributed by atoms with Crippen LogP contribution in [-0.4, -0.2) is 81.7 Å². The van der Waals surface area contributed by atoms with Gasteiger partial charge in [0.25, 0.3) is 18.3 Å². The molecular weight excluding hydrogens is 442 g/mol. The molecule has 2 heterocycles. The normalized spacial score (nSPS) is 16.6. The Labute approximate surface area is 225 Å². The molecule has 0 aromatic heterocycles. The number of hydrogen-bond acceptors (Lipinski definition) is 10. The van der Waals surface area contributed by atoms with Crippen LogP contribution in [-0.2, 0) is 24.1 Å². The van der Waals surface area contributed by atoms with E-state index in [0.29, 0.717) is 4.90 Å². The number of carbonyl (C=O) groups excluding carboxylic acids is 6. The fraction of sp³-hybridized carbons (Fsp3) is 0.600. The second-order valence-electron chi connectivity index (χ2n) is 6.01. The second-order valence-corrected chi connectivity index (χ2v) is 6.01. The standard InChI is InChI=1S/C7H12N2O4.C5H8N2O2.CH2O3.CH2O.CH4.2Na.H/c1-7(2)5(12)8(3-10)6(13)9(7)4-11;1-5(2)3(8)6-4(9)7-5;2-1-4-3;1-2;;;;/h10-11H,3-4H2,1-2H3;1-2H3,(H2,6,7,8,9);1,3H;1H2;1H4;;;/q;;;;;2*+1;-1/p-1. The van der Waals surface area contributed by atoms with Crippen molar-refractivity contribution in [2.75, 3.05) is 13.5 Å². The molecule has 170 valence electrons. The van der Waals surface area contributed by atoms with Gasteiger partial charge in [0.2, 0.25) is 0 Å². The van der Waals surface area contributed by atoms with Crippen molar-refractivity contribution in [1.82, 2.24) is 20.4 Å². The first kappa shape index (κ1) is 40.3. The molecule has 0 saturated carbocycles. The Hall–Kier alpha value is -1.10. The Balaban J connectivity index is -0.0000000790. The van der Waals surface area contributed by atoms with Gasteiger partial charge < -0.3 is 31.9 Å². The van der Waals surface area contributed by atoms with Crippen molar-refractivity contribution >= 4 is 37.1 Å². The van der Waals surface area contributed by atoms with Crippen LogP contribution in [0.4, 0.5) is 9.59 Å². The van der Waals surface area contributed by atoms with Gasteiger partial charge in [-0.2, -0.15) is 0 Å². The molecule has 2 aliphatic rings. The van der Waals surface area contributed by atoms with Crippen molar-refractivity contribution in [1.29, 1.82) is 0 Å². The molecule has 0 atom stereocenters. The first-order valence-corrected chi connectivity index (χ1v) is 7.40. The van der Waals surface area contributed by atoms with Crippen LogP contribution in [0.1, 0.15) is 36.5 Å². The van der Waals surface area contributed by atoms with E-state index in [2.05, 4.69) is 15.5 Å².